The van der Waals surface area contributed by atoms with Gasteiger partial charge < -0.3 is 14.6 Å². The molecule has 1 aromatic heterocycles. The Kier molecular flexibility index (Phi) is 6.53. The fourth-order valence-corrected chi connectivity index (χ4v) is 5.00. The summed E-state index contributed by atoms with van der Waals surface area (Å²) >= 11 is 4.67. The Labute approximate surface area is 202 Å². The Morgan fingerprint density at radius 1 is 1.27 bits per heavy atom. The van der Waals surface area contributed by atoms with Gasteiger partial charge in [-0.2, -0.15) is 0 Å². The van der Waals surface area contributed by atoms with Crippen molar-refractivity contribution in [2.45, 2.75) is 19.9 Å². The van der Waals surface area contributed by atoms with Gasteiger partial charge in [-0.25, -0.2) is 9.79 Å². The first-order valence-corrected chi connectivity index (χ1v) is 11.8. The Balaban J connectivity index is 1.94. The summed E-state index contributed by atoms with van der Waals surface area (Å²) in [6, 6.07) is 11.7. The lowest BCUT2D eigenvalue weighted by molar-refractivity contribution is -0.139. The summed E-state index contributed by atoms with van der Waals surface area (Å²) in [5.74, 6) is -0.171. The van der Waals surface area contributed by atoms with Crippen molar-refractivity contribution in [1.82, 2.24) is 4.57 Å². The molecule has 33 heavy (non-hydrogen) atoms. The number of esters is 1. The second-order valence-corrected chi connectivity index (χ2v) is 9.21. The molecule has 1 N–H and O–H groups in total. The van der Waals surface area contributed by atoms with Gasteiger partial charge in [0.15, 0.2) is 16.3 Å². The van der Waals surface area contributed by atoms with Crippen molar-refractivity contribution in [1.29, 1.82) is 0 Å². The molecule has 0 saturated carbocycles. The molecule has 1 unspecified atom stereocenters. The maximum atomic E-state index is 13.5. The number of carbonyl (C=O) groups excluding carboxylic acids is 1. The van der Waals surface area contributed by atoms with E-state index >= 15 is 0 Å². The van der Waals surface area contributed by atoms with Crippen LogP contribution in [0.4, 0.5) is 0 Å². The zero-order chi connectivity index (χ0) is 23.7. The highest BCUT2D eigenvalue weighted by Crippen LogP contribution is 2.31. The highest BCUT2D eigenvalue weighted by molar-refractivity contribution is 9.10. The third kappa shape index (κ3) is 4.38. The number of halogens is 1. The Hall–Kier alpha value is -3.17. The van der Waals surface area contributed by atoms with E-state index in [1.54, 1.807) is 32.1 Å². The molecule has 3 aromatic rings. The van der Waals surface area contributed by atoms with Crippen LogP contribution >= 0.6 is 27.3 Å². The number of rotatable bonds is 5. The van der Waals surface area contributed by atoms with Crippen LogP contribution in [0.3, 0.4) is 0 Å². The summed E-state index contributed by atoms with van der Waals surface area (Å²) in [5.41, 5.74) is 2.05. The molecule has 0 spiro atoms. The fourth-order valence-electron chi connectivity index (χ4n) is 3.69. The Morgan fingerprint density at radius 3 is 2.67 bits per heavy atom. The lowest BCUT2D eigenvalue weighted by Crippen LogP contribution is -2.39. The van der Waals surface area contributed by atoms with E-state index in [0.29, 0.717) is 31.9 Å². The second kappa shape index (κ2) is 9.36. The van der Waals surface area contributed by atoms with Gasteiger partial charge in [0.1, 0.15) is 0 Å². The molecular weight excluding hydrogens is 508 g/mol. The van der Waals surface area contributed by atoms with E-state index < -0.39 is 12.0 Å². The van der Waals surface area contributed by atoms with Crippen molar-refractivity contribution >= 4 is 39.3 Å². The number of hydrogen-bond acceptors (Lipinski definition) is 7. The first-order valence-electron chi connectivity index (χ1n) is 10.2. The SMILES string of the molecule is CCOC(=O)C1=C(C)N=c2sc(=Cc3ccc(O)c(OC)c3)c(=O)n2C1c1ccc(Br)cc1. The van der Waals surface area contributed by atoms with E-state index in [4.69, 9.17) is 9.47 Å². The normalized spacial score (nSPS) is 15.8. The molecule has 9 heteroatoms. The summed E-state index contributed by atoms with van der Waals surface area (Å²) in [7, 11) is 1.46. The highest BCUT2D eigenvalue weighted by Gasteiger charge is 2.33. The number of carbonyl (C=O) groups is 1. The van der Waals surface area contributed by atoms with Gasteiger partial charge >= 0.3 is 5.97 Å². The van der Waals surface area contributed by atoms with Gasteiger partial charge in [0.2, 0.25) is 0 Å². The zero-order valence-electron chi connectivity index (χ0n) is 18.2. The molecule has 0 amide bonds. The van der Waals surface area contributed by atoms with Gasteiger partial charge in [-0.15, -0.1) is 0 Å². The predicted molar refractivity (Wildman–Crippen MR) is 129 cm³/mol. The second-order valence-electron chi connectivity index (χ2n) is 7.29. The van der Waals surface area contributed by atoms with Crippen molar-refractivity contribution in [3.8, 4) is 11.5 Å². The van der Waals surface area contributed by atoms with Gasteiger partial charge in [-0.3, -0.25) is 9.36 Å². The third-order valence-corrected chi connectivity index (χ3v) is 6.72. The molecule has 0 radical (unpaired) electrons. The fraction of sp³-hybridized carbons (Fsp3) is 0.208. The lowest BCUT2D eigenvalue weighted by Gasteiger charge is -2.24. The Morgan fingerprint density at radius 2 is 2.00 bits per heavy atom. The molecule has 0 bridgehead atoms. The number of methoxy groups -OCH3 is 1. The van der Waals surface area contributed by atoms with Crippen LogP contribution in [0.1, 0.15) is 31.0 Å². The summed E-state index contributed by atoms with van der Waals surface area (Å²) < 4.78 is 13.3. The number of aromatic hydroxyl groups is 1. The number of phenolic OH excluding ortho intramolecular Hbond substituents is 1. The number of phenols is 1. The number of thiazole rings is 1. The zero-order valence-corrected chi connectivity index (χ0v) is 20.6. The molecular formula is C24H21BrN2O5S. The molecule has 1 aliphatic heterocycles. The van der Waals surface area contributed by atoms with Gasteiger partial charge in [0.25, 0.3) is 5.56 Å². The van der Waals surface area contributed by atoms with Crippen molar-refractivity contribution in [2.75, 3.05) is 13.7 Å². The van der Waals surface area contributed by atoms with Crippen LogP contribution in [-0.4, -0.2) is 29.4 Å². The standard InChI is InChI=1S/C24H21BrN2O5S/c1-4-32-23(30)20-13(2)26-24-27(21(20)15-6-8-16(25)9-7-15)22(29)19(33-24)12-14-5-10-17(28)18(11-14)31-3/h5-12,21,28H,4H2,1-3H3. The predicted octanol–water partition coefficient (Wildman–Crippen LogP) is 3.28. The molecule has 2 aromatic carbocycles. The molecule has 0 fully saturated rings. The van der Waals surface area contributed by atoms with E-state index in [1.807, 2.05) is 24.3 Å². The molecule has 1 aliphatic rings. The number of fused-ring (bicyclic) bond motifs is 1. The summed E-state index contributed by atoms with van der Waals surface area (Å²) in [6.07, 6.45) is 1.72. The van der Waals surface area contributed by atoms with Crippen molar-refractivity contribution in [2.24, 2.45) is 4.99 Å². The van der Waals surface area contributed by atoms with E-state index in [-0.39, 0.29) is 17.9 Å². The minimum absolute atomic E-state index is 0.0149. The maximum absolute atomic E-state index is 13.5. The van der Waals surface area contributed by atoms with Crippen molar-refractivity contribution < 1.29 is 19.4 Å². The molecule has 4 rings (SSSR count). The van der Waals surface area contributed by atoms with Crippen LogP contribution in [0.5, 0.6) is 11.5 Å². The van der Waals surface area contributed by atoms with Gasteiger partial charge in [0, 0.05) is 4.47 Å². The van der Waals surface area contributed by atoms with Crippen molar-refractivity contribution in [3.05, 3.63) is 89.0 Å². The average molecular weight is 529 g/mol. The minimum Gasteiger partial charge on any atom is -0.504 e. The average Bonchev–Trinajstić information content (AvgIpc) is 3.09. The first-order chi connectivity index (χ1) is 15.8. The molecule has 170 valence electrons. The van der Waals surface area contributed by atoms with Gasteiger partial charge in [-0.1, -0.05) is 45.5 Å². The smallest absolute Gasteiger partial charge is 0.338 e. The number of benzene rings is 2. The van der Waals surface area contributed by atoms with Gasteiger partial charge in [-0.05, 0) is 55.3 Å². The quantitative estimate of drug-likeness (QED) is 0.513. The topological polar surface area (TPSA) is 90.1 Å². The summed E-state index contributed by atoms with van der Waals surface area (Å²) in [5, 5.41) is 9.85. The molecule has 7 nitrogen and oxygen atoms in total. The highest BCUT2D eigenvalue weighted by atomic mass is 79.9. The van der Waals surface area contributed by atoms with E-state index in [2.05, 4.69) is 20.9 Å². The Bertz CT molecular complexity index is 1440. The molecule has 2 heterocycles. The number of ether oxygens (including phenoxy) is 2. The molecule has 0 aliphatic carbocycles. The number of nitrogens with zero attached hydrogens (tertiary/aromatic N) is 2. The van der Waals surface area contributed by atoms with Crippen LogP contribution < -0.4 is 19.6 Å². The largest absolute Gasteiger partial charge is 0.504 e. The minimum atomic E-state index is -0.662. The number of aromatic nitrogens is 1. The van der Waals surface area contributed by atoms with Gasteiger partial charge in [0.05, 0.1) is 35.6 Å². The first kappa shape index (κ1) is 23.0. The summed E-state index contributed by atoms with van der Waals surface area (Å²) in [6.45, 7) is 3.71. The van der Waals surface area contributed by atoms with Crippen LogP contribution in [0, 0.1) is 0 Å². The molecule has 1 atom stereocenters. The van der Waals surface area contributed by atoms with Crippen LogP contribution in [0.25, 0.3) is 6.08 Å². The van der Waals surface area contributed by atoms with Crippen LogP contribution in [-0.2, 0) is 9.53 Å². The number of hydrogen-bond donors (Lipinski definition) is 1. The van der Waals surface area contributed by atoms with Crippen LogP contribution in [0.15, 0.2) is 68.0 Å². The maximum Gasteiger partial charge on any atom is 0.338 e. The van der Waals surface area contributed by atoms with E-state index in [9.17, 15) is 14.7 Å². The van der Waals surface area contributed by atoms with E-state index in [1.165, 1.54) is 29.1 Å². The molecule has 0 saturated heterocycles. The monoisotopic (exact) mass is 528 g/mol. The third-order valence-electron chi connectivity index (χ3n) is 5.20. The van der Waals surface area contributed by atoms with Crippen molar-refractivity contribution in [3.63, 3.8) is 0 Å². The van der Waals surface area contributed by atoms with E-state index in [0.717, 1.165) is 10.0 Å². The number of allylic oxidation sites excluding steroid dienone is 1. The van der Waals surface area contributed by atoms with Crippen LogP contribution in [0.2, 0.25) is 0 Å². The summed E-state index contributed by atoms with van der Waals surface area (Å²) in [4.78, 5) is 31.5. The lowest BCUT2D eigenvalue weighted by atomic mass is 9.96.